The van der Waals surface area contributed by atoms with Gasteiger partial charge in [0.1, 0.15) is 11.9 Å². The molecule has 0 radical (unpaired) electrons. The lowest BCUT2D eigenvalue weighted by Gasteiger charge is -2.32. The highest BCUT2D eigenvalue weighted by molar-refractivity contribution is 6.05. The summed E-state index contributed by atoms with van der Waals surface area (Å²) in [5.41, 5.74) is 3.45. The second kappa shape index (κ2) is 8.57. The number of hydrogen-bond acceptors (Lipinski definition) is 6. The molecule has 1 atom stereocenters. The van der Waals surface area contributed by atoms with Crippen LogP contribution < -0.4 is 5.32 Å². The molecule has 0 spiro atoms. The quantitative estimate of drug-likeness (QED) is 0.582. The number of pyridine rings is 1. The topological polar surface area (TPSA) is 95.8 Å². The van der Waals surface area contributed by atoms with E-state index >= 15 is 4.39 Å². The van der Waals surface area contributed by atoms with E-state index in [1.807, 2.05) is 18.2 Å². The normalized spacial score (nSPS) is 21.6. The zero-order valence-electron chi connectivity index (χ0n) is 19.1. The molecule has 35 heavy (non-hydrogen) atoms. The highest BCUT2D eigenvalue weighted by Crippen LogP contribution is 2.35. The molecular formula is C26H25FN4O4. The Kier molecular flexibility index (Phi) is 5.36. The molecule has 2 saturated heterocycles. The number of fused-ring (bicyclic) bond motifs is 2. The molecule has 2 fully saturated rings. The number of imide groups is 1. The van der Waals surface area contributed by atoms with Crippen molar-refractivity contribution in [2.24, 2.45) is 0 Å². The minimum absolute atomic E-state index is 0.0700. The third kappa shape index (κ3) is 3.99. The van der Waals surface area contributed by atoms with E-state index in [4.69, 9.17) is 4.42 Å². The number of furan rings is 1. The van der Waals surface area contributed by atoms with Gasteiger partial charge < -0.3 is 9.32 Å². The first kappa shape index (κ1) is 21.9. The Morgan fingerprint density at radius 2 is 1.94 bits per heavy atom. The second-order valence-electron chi connectivity index (χ2n) is 9.62. The van der Waals surface area contributed by atoms with Crippen LogP contribution in [0.1, 0.15) is 58.8 Å². The van der Waals surface area contributed by atoms with Gasteiger partial charge in [0.2, 0.25) is 11.8 Å². The molecule has 3 aromatic rings. The summed E-state index contributed by atoms with van der Waals surface area (Å²) in [6.07, 6.45) is 5.52. The fourth-order valence-electron chi connectivity index (χ4n) is 5.55. The molecule has 2 aromatic heterocycles. The molecule has 5 heterocycles. The Labute approximate surface area is 201 Å². The zero-order chi connectivity index (χ0) is 24.1. The van der Waals surface area contributed by atoms with Crippen LogP contribution in [-0.4, -0.2) is 51.6 Å². The van der Waals surface area contributed by atoms with E-state index < -0.39 is 11.9 Å². The summed E-state index contributed by atoms with van der Waals surface area (Å²) >= 11 is 0. The van der Waals surface area contributed by atoms with E-state index in [0.29, 0.717) is 17.5 Å². The highest BCUT2D eigenvalue weighted by atomic mass is 19.1. The van der Waals surface area contributed by atoms with E-state index in [2.05, 4.69) is 15.2 Å². The summed E-state index contributed by atoms with van der Waals surface area (Å²) in [6, 6.07) is 6.40. The Hall–Kier alpha value is -3.59. The zero-order valence-corrected chi connectivity index (χ0v) is 19.1. The summed E-state index contributed by atoms with van der Waals surface area (Å²) in [7, 11) is 0. The average molecular weight is 477 g/mol. The molecule has 180 valence electrons. The van der Waals surface area contributed by atoms with Gasteiger partial charge in [0.15, 0.2) is 5.58 Å². The van der Waals surface area contributed by atoms with Gasteiger partial charge in [0, 0.05) is 30.5 Å². The second-order valence-corrected chi connectivity index (χ2v) is 9.62. The number of benzene rings is 1. The maximum Gasteiger partial charge on any atom is 0.255 e. The summed E-state index contributed by atoms with van der Waals surface area (Å²) in [4.78, 5) is 44.9. The molecule has 6 rings (SSSR count). The van der Waals surface area contributed by atoms with Gasteiger partial charge in [-0.3, -0.25) is 29.6 Å². The van der Waals surface area contributed by atoms with Crippen molar-refractivity contribution in [1.82, 2.24) is 20.1 Å². The Balaban J connectivity index is 1.13. The van der Waals surface area contributed by atoms with Crippen molar-refractivity contribution in [3.05, 3.63) is 64.9 Å². The molecule has 0 aliphatic carbocycles. The van der Waals surface area contributed by atoms with Crippen molar-refractivity contribution in [2.45, 2.75) is 50.7 Å². The van der Waals surface area contributed by atoms with Crippen LogP contribution in [0.4, 0.5) is 4.39 Å². The molecule has 9 heteroatoms. The van der Waals surface area contributed by atoms with Gasteiger partial charge in [0.05, 0.1) is 18.2 Å². The van der Waals surface area contributed by atoms with Crippen molar-refractivity contribution in [2.75, 3.05) is 13.1 Å². The molecule has 3 amide bonds. The summed E-state index contributed by atoms with van der Waals surface area (Å²) < 4.78 is 20.5. The minimum Gasteiger partial charge on any atom is -0.463 e. The van der Waals surface area contributed by atoms with Crippen molar-refractivity contribution in [3.8, 4) is 0 Å². The van der Waals surface area contributed by atoms with Crippen LogP contribution >= 0.6 is 0 Å². The third-order valence-corrected chi connectivity index (χ3v) is 7.45. The lowest BCUT2D eigenvalue weighted by atomic mass is 9.87. The maximum atomic E-state index is 15.1. The molecular weight excluding hydrogens is 451 g/mol. The predicted molar refractivity (Wildman–Crippen MR) is 124 cm³/mol. The van der Waals surface area contributed by atoms with Crippen molar-refractivity contribution >= 4 is 28.7 Å². The Morgan fingerprint density at radius 3 is 2.74 bits per heavy atom. The van der Waals surface area contributed by atoms with E-state index in [9.17, 15) is 14.4 Å². The van der Waals surface area contributed by atoms with Crippen LogP contribution in [-0.2, 0) is 22.7 Å². The van der Waals surface area contributed by atoms with Gasteiger partial charge in [-0.1, -0.05) is 6.07 Å². The van der Waals surface area contributed by atoms with Gasteiger partial charge in [0.25, 0.3) is 5.91 Å². The number of rotatable bonds is 4. The van der Waals surface area contributed by atoms with Gasteiger partial charge >= 0.3 is 0 Å². The average Bonchev–Trinajstić information content (AvgIpc) is 3.43. The number of likely N-dealkylation sites (tertiary alicyclic amines) is 1. The SMILES string of the molecule is O=C1CCC(N2Cc3cc(C4CCN(Cc5cc6ccoc6cn5)CC4)c(F)cc3C2=O)C(=O)N1. The number of carbonyl (C=O) groups is 3. The predicted octanol–water partition coefficient (Wildman–Crippen LogP) is 3.11. The van der Waals surface area contributed by atoms with E-state index in [1.54, 1.807) is 12.5 Å². The summed E-state index contributed by atoms with van der Waals surface area (Å²) in [5, 5.41) is 3.33. The van der Waals surface area contributed by atoms with Crippen LogP contribution in [0.25, 0.3) is 11.0 Å². The van der Waals surface area contributed by atoms with Crippen LogP contribution in [0.15, 0.2) is 41.1 Å². The highest BCUT2D eigenvalue weighted by Gasteiger charge is 2.40. The van der Waals surface area contributed by atoms with Gasteiger partial charge in [-0.05, 0) is 67.6 Å². The molecule has 3 aliphatic heterocycles. The first-order valence-corrected chi connectivity index (χ1v) is 12.0. The molecule has 0 saturated carbocycles. The maximum absolute atomic E-state index is 15.1. The fraction of sp³-hybridized carbons (Fsp3) is 0.385. The smallest absolute Gasteiger partial charge is 0.255 e. The van der Waals surface area contributed by atoms with Gasteiger partial charge in [-0.15, -0.1) is 0 Å². The number of carbonyl (C=O) groups excluding carboxylic acids is 3. The molecule has 1 aromatic carbocycles. The first-order valence-electron chi connectivity index (χ1n) is 12.0. The van der Waals surface area contributed by atoms with Crippen molar-refractivity contribution in [1.29, 1.82) is 0 Å². The molecule has 1 N–H and O–H groups in total. The van der Waals surface area contributed by atoms with Crippen LogP contribution in [0.3, 0.4) is 0 Å². The van der Waals surface area contributed by atoms with Gasteiger partial charge in [-0.25, -0.2) is 4.39 Å². The minimum atomic E-state index is -0.697. The monoisotopic (exact) mass is 476 g/mol. The van der Waals surface area contributed by atoms with E-state index in [-0.39, 0.29) is 36.5 Å². The number of hydrogen-bond donors (Lipinski definition) is 1. The number of aromatic nitrogens is 1. The lowest BCUT2D eigenvalue weighted by Crippen LogP contribution is -2.52. The van der Waals surface area contributed by atoms with Gasteiger partial charge in [-0.2, -0.15) is 0 Å². The molecule has 0 bridgehead atoms. The van der Waals surface area contributed by atoms with E-state index in [1.165, 1.54) is 11.0 Å². The molecule has 8 nitrogen and oxygen atoms in total. The number of piperidine rings is 2. The summed E-state index contributed by atoms with van der Waals surface area (Å²) in [6.45, 7) is 2.64. The lowest BCUT2D eigenvalue weighted by molar-refractivity contribution is -0.136. The van der Waals surface area contributed by atoms with Crippen LogP contribution in [0, 0.1) is 5.82 Å². The fourth-order valence-corrected chi connectivity index (χ4v) is 5.55. The van der Waals surface area contributed by atoms with Crippen molar-refractivity contribution in [3.63, 3.8) is 0 Å². The Morgan fingerprint density at radius 1 is 1.11 bits per heavy atom. The molecule has 3 aliphatic rings. The number of nitrogens with zero attached hydrogens (tertiary/aromatic N) is 3. The number of nitrogens with one attached hydrogen (secondary N) is 1. The summed E-state index contributed by atoms with van der Waals surface area (Å²) in [5.74, 6) is -1.44. The first-order chi connectivity index (χ1) is 17.0. The van der Waals surface area contributed by atoms with Crippen LogP contribution in [0.5, 0.6) is 0 Å². The Bertz CT molecular complexity index is 1340. The standard InChI is InChI=1S/C26H25FN4O4/c27-21-11-20-17(13-31(26(20)34)22-1-2-24(32)29-25(22)33)10-19(21)15-3-6-30(7-4-15)14-18-9-16-5-8-35-23(16)12-28-18/h5,8-12,15,22H,1-4,6-7,13-14H2,(H,29,32,33). The van der Waals surface area contributed by atoms with Crippen molar-refractivity contribution < 1.29 is 23.2 Å². The van der Waals surface area contributed by atoms with E-state index in [0.717, 1.165) is 54.7 Å². The largest absolute Gasteiger partial charge is 0.463 e. The number of halogens is 1. The number of amides is 3. The molecule has 1 unspecified atom stereocenters. The third-order valence-electron chi connectivity index (χ3n) is 7.45. The van der Waals surface area contributed by atoms with Crippen LogP contribution in [0.2, 0.25) is 0 Å².